The van der Waals surface area contributed by atoms with Gasteiger partial charge in [-0.2, -0.15) is 27.1 Å². The van der Waals surface area contributed by atoms with E-state index in [0.717, 1.165) is 17.2 Å². The molecule has 3 aromatic carbocycles. The first-order chi connectivity index (χ1) is 18.7. The molecule has 0 saturated carbocycles. The van der Waals surface area contributed by atoms with Crippen molar-refractivity contribution in [1.82, 2.24) is 0 Å². The molecule has 0 fully saturated rings. The molecule has 13 nitrogen and oxygen atoms in total. The SMILES string of the molecule is COc1ccc(N=Nc2cc(OCCCS(=O)(=O)O)c(N=Nc3cc(C)c(N)cc3C)cc2C)c(S(=O)(=O)O)c1. The zero-order valence-corrected chi connectivity index (χ0v) is 23.8. The van der Waals surface area contributed by atoms with Crippen LogP contribution in [0.3, 0.4) is 0 Å². The Morgan fingerprint density at radius 1 is 0.775 bits per heavy atom. The minimum absolute atomic E-state index is 0.0000233. The highest BCUT2D eigenvalue weighted by Crippen LogP contribution is 2.38. The van der Waals surface area contributed by atoms with Crippen LogP contribution >= 0.6 is 0 Å². The summed E-state index contributed by atoms with van der Waals surface area (Å²) >= 11 is 0. The number of anilines is 1. The van der Waals surface area contributed by atoms with Gasteiger partial charge in [0.1, 0.15) is 27.8 Å². The summed E-state index contributed by atoms with van der Waals surface area (Å²) in [7, 11) is -7.45. The molecule has 0 heterocycles. The molecule has 0 unspecified atom stereocenters. The van der Waals surface area contributed by atoms with Gasteiger partial charge in [-0.15, -0.1) is 10.2 Å². The van der Waals surface area contributed by atoms with Gasteiger partial charge in [-0.05, 0) is 74.2 Å². The van der Waals surface area contributed by atoms with Gasteiger partial charge >= 0.3 is 0 Å². The number of hydrogen-bond acceptors (Lipinski definition) is 11. The van der Waals surface area contributed by atoms with E-state index >= 15 is 0 Å². The number of hydrogen-bond donors (Lipinski definition) is 3. The lowest BCUT2D eigenvalue weighted by Gasteiger charge is -2.11. The molecule has 40 heavy (non-hydrogen) atoms. The third-order valence-corrected chi connectivity index (χ3v) is 7.33. The van der Waals surface area contributed by atoms with Crippen molar-refractivity contribution in [3.8, 4) is 11.5 Å². The first kappa shape index (κ1) is 30.6. The zero-order valence-electron chi connectivity index (χ0n) is 22.2. The largest absolute Gasteiger partial charge is 0.497 e. The van der Waals surface area contributed by atoms with E-state index in [1.54, 1.807) is 25.1 Å². The number of nitrogens with two attached hydrogens (primary N) is 1. The summed E-state index contributed by atoms with van der Waals surface area (Å²) in [4.78, 5) is -0.491. The number of azo groups is 2. The molecular weight excluding hydrogens is 562 g/mol. The molecule has 0 spiro atoms. The average molecular weight is 592 g/mol. The van der Waals surface area contributed by atoms with Gasteiger partial charge in [0.15, 0.2) is 0 Å². The van der Waals surface area contributed by atoms with Crippen LogP contribution in [0, 0.1) is 20.8 Å². The molecule has 0 saturated heterocycles. The molecule has 0 radical (unpaired) electrons. The minimum atomic E-state index is -4.63. The Morgan fingerprint density at radius 2 is 1.35 bits per heavy atom. The summed E-state index contributed by atoms with van der Waals surface area (Å²) in [5.41, 5.74) is 9.83. The van der Waals surface area contributed by atoms with Crippen LogP contribution in [-0.4, -0.2) is 45.4 Å². The van der Waals surface area contributed by atoms with E-state index in [-0.39, 0.29) is 35.9 Å². The van der Waals surface area contributed by atoms with Gasteiger partial charge in [0.25, 0.3) is 20.2 Å². The van der Waals surface area contributed by atoms with Gasteiger partial charge in [0, 0.05) is 17.8 Å². The number of aryl methyl sites for hydroxylation is 3. The second-order valence-corrected chi connectivity index (χ2v) is 11.8. The number of ether oxygens (including phenoxy) is 2. The van der Waals surface area contributed by atoms with Gasteiger partial charge in [0.2, 0.25) is 0 Å². The second-order valence-electron chi connectivity index (χ2n) is 8.80. The molecule has 4 N–H and O–H groups in total. The summed E-state index contributed by atoms with van der Waals surface area (Å²) in [6.45, 7) is 5.32. The second kappa shape index (κ2) is 12.5. The van der Waals surface area contributed by atoms with Crippen molar-refractivity contribution in [2.45, 2.75) is 32.1 Å². The van der Waals surface area contributed by atoms with Gasteiger partial charge in [-0.3, -0.25) is 9.11 Å². The number of rotatable bonds is 11. The molecule has 214 valence electrons. The maximum Gasteiger partial charge on any atom is 0.296 e. The van der Waals surface area contributed by atoms with Crippen LogP contribution in [0.15, 0.2) is 67.8 Å². The van der Waals surface area contributed by atoms with E-state index in [0.29, 0.717) is 22.6 Å². The van der Waals surface area contributed by atoms with E-state index in [1.807, 2.05) is 13.8 Å². The fourth-order valence-electron chi connectivity index (χ4n) is 3.44. The monoisotopic (exact) mass is 591 g/mol. The highest BCUT2D eigenvalue weighted by molar-refractivity contribution is 7.86. The average Bonchev–Trinajstić information content (AvgIpc) is 2.86. The van der Waals surface area contributed by atoms with E-state index in [4.69, 9.17) is 19.8 Å². The standard InChI is InChI=1S/C25H29N5O8S2/c1-15-11-21(16(2)10-19(15)26)28-30-23-12-17(3)22(14-24(23)38-8-5-9-39(31,32)33)29-27-20-7-6-18(37-4)13-25(20)40(34,35)36/h6-7,10-14H,5,8-9,26H2,1-4H3,(H,31,32,33)(H,34,35,36). The first-order valence-corrected chi connectivity index (χ1v) is 14.8. The van der Waals surface area contributed by atoms with Crippen LogP contribution in [0.5, 0.6) is 11.5 Å². The van der Waals surface area contributed by atoms with Crippen molar-refractivity contribution in [1.29, 1.82) is 0 Å². The number of nitrogen functional groups attached to an aromatic ring is 1. The molecule has 0 aliphatic rings. The van der Waals surface area contributed by atoms with Crippen molar-refractivity contribution in [3.63, 3.8) is 0 Å². The van der Waals surface area contributed by atoms with Crippen LogP contribution in [0.1, 0.15) is 23.1 Å². The Hall–Kier alpha value is -3.92. The third-order valence-electron chi connectivity index (χ3n) is 5.64. The lowest BCUT2D eigenvalue weighted by Crippen LogP contribution is -2.08. The van der Waals surface area contributed by atoms with E-state index in [2.05, 4.69) is 20.5 Å². The van der Waals surface area contributed by atoms with Gasteiger partial charge < -0.3 is 15.2 Å². The van der Waals surface area contributed by atoms with E-state index in [9.17, 15) is 21.4 Å². The fourth-order valence-corrected chi connectivity index (χ4v) is 4.57. The van der Waals surface area contributed by atoms with Gasteiger partial charge in [-0.1, -0.05) is 0 Å². The van der Waals surface area contributed by atoms with Crippen molar-refractivity contribution in [2.75, 3.05) is 25.2 Å². The van der Waals surface area contributed by atoms with E-state index in [1.165, 1.54) is 25.3 Å². The molecule has 0 amide bonds. The van der Waals surface area contributed by atoms with Crippen LogP contribution < -0.4 is 15.2 Å². The first-order valence-electron chi connectivity index (χ1n) is 11.8. The quantitative estimate of drug-likeness (QED) is 0.104. The highest BCUT2D eigenvalue weighted by atomic mass is 32.2. The number of benzene rings is 3. The molecule has 15 heteroatoms. The Balaban J connectivity index is 2.01. The predicted molar refractivity (Wildman–Crippen MR) is 149 cm³/mol. The molecule has 0 aliphatic carbocycles. The molecular formula is C25H29N5O8S2. The number of methoxy groups -OCH3 is 1. The third kappa shape index (κ3) is 8.29. The molecule has 0 aliphatic heterocycles. The summed E-state index contributed by atoms with van der Waals surface area (Å²) in [6.07, 6.45) is -0.0000233. The van der Waals surface area contributed by atoms with Gasteiger partial charge in [0.05, 0.1) is 30.8 Å². The van der Waals surface area contributed by atoms with E-state index < -0.39 is 30.9 Å². The van der Waals surface area contributed by atoms with Crippen LogP contribution in [0.4, 0.5) is 28.4 Å². The van der Waals surface area contributed by atoms with Crippen LogP contribution in [0.25, 0.3) is 0 Å². The summed E-state index contributed by atoms with van der Waals surface area (Å²) in [5, 5.41) is 16.8. The van der Waals surface area contributed by atoms with Gasteiger partial charge in [-0.25, -0.2) is 0 Å². The lowest BCUT2D eigenvalue weighted by atomic mass is 10.1. The maximum absolute atomic E-state index is 11.9. The summed E-state index contributed by atoms with van der Waals surface area (Å²) in [5.74, 6) is -0.111. The summed E-state index contributed by atoms with van der Waals surface area (Å²) < 4.78 is 75.2. The normalized spacial score (nSPS) is 12.3. The number of nitrogens with zero attached hydrogens (tertiary/aromatic N) is 4. The molecule has 0 aromatic heterocycles. The Labute approximate surface area is 232 Å². The van der Waals surface area contributed by atoms with Crippen LogP contribution in [-0.2, 0) is 20.2 Å². The van der Waals surface area contributed by atoms with Crippen molar-refractivity contribution < 1.29 is 35.4 Å². The van der Waals surface area contributed by atoms with Crippen molar-refractivity contribution in [3.05, 3.63) is 59.2 Å². The predicted octanol–water partition coefficient (Wildman–Crippen LogP) is 5.94. The highest BCUT2D eigenvalue weighted by Gasteiger charge is 2.17. The zero-order chi connectivity index (χ0) is 29.7. The maximum atomic E-state index is 11.9. The minimum Gasteiger partial charge on any atom is -0.497 e. The topological polar surface area (TPSA) is 203 Å². The molecule has 0 bridgehead atoms. The van der Waals surface area contributed by atoms with Crippen LogP contribution in [0.2, 0.25) is 0 Å². The van der Waals surface area contributed by atoms with Crippen molar-refractivity contribution >= 4 is 48.7 Å². The lowest BCUT2D eigenvalue weighted by molar-refractivity contribution is 0.317. The Kier molecular flexibility index (Phi) is 9.57. The molecule has 0 atom stereocenters. The smallest absolute Gasteiger partial charge is 0.296 e. The fraction of sp³-hybridized carbons (Fsp3) is 0.280. The summed E-state index contributed by atoms with van der Waals surface area (Å²) in [6, 6.07) is 10.6. The molecule has 3 aromatic rings. The van der Waals surface area contributed by atoms with Crippen molar-refractivity contribution in [2.24, 2.45) is 20.5 Å². The Morgan fingerprint density at radius 3 is 1.98 bits per heavy atom. The Bertz CT molecular complexity index is 1690. The molecule has 3 rings (SSSR count).